The summed E-state index contributed by atoms with van der Waals surface area (Å²) in [6.45, 7) is 9.36. The molecule has 2 N–H and O–H groups in total. The van der Waals surface area contributed by atoms with Crippen LogP contribution in [0.5, 0.6) is 0 Å². The third-order valence-corrected chi connectivity index (χ3v) is 4.81. The molecular formula is C17H23N3O3S. The number of hydrogen-bond donors (Lipinski definition) is 2. The highest BCUT2D eigenvalue weighted by Gasteiger charge is 2.16. The van der Waals surface area contributed by atoms with Crippen molar-refractivity contribution in [2.75, 3.05) is 0 Å². The Morgan fingerprint density at radius 1 is 1.33 bits per heavy atom. The average Bonchev–Trinajstić information content (AvgIpc) is 3.06. The number of thiophene rings is 1. The molecule has 0 aliphatic heterocycles. The lowest BCUT2D eigenvalue weighted by molar-refractivity contribution is -0.120. The molecule has 2 aromatic rings. The molecule has 2 aromatic heterocycles. The van der Waals surface area contributed by atoms with Crippen molar-refractivity contribution < 1.29 is 14.7 Å². The number of amides is 1. The van der Waals surface area contributed by atoms with Gasteiger partial charge in [-0.05, 0) is 31.9 Å². The predicted octanol–water partition coefficient (Wildman–Crippen LogP) is 2.77. The number of carboxylic acids is 1. The molecule has 0 aromatic carbocycles. The van der Waals surface area contributed by atoms with Crippen LogP contribution in [0.15, 0.2) is 12.1 Å². The molecule has 0 aliphatic carbocycles. The molecule has 0 saturated heterocycles. The smallest absolute Gasteiger partial charge is 0.345 e. The van der Waals surface area contributed by atoms with Gasteiger partial charge in [-0.3, -0.25) is 9.48 Å². The maximum Gasteiger partial charge on any atom is 0.345 e. The highest BCUT2D eigenvalue weighted by molar-refractivity contribution is 7.13. The van der Waals surface area contributed by atoms with Gasteiger partial charge in [0, 0.05) is 22.7 Å². The topological polar surface area (TPSA) is 84.2 Å². The first-order chi connectivity index (χ1) is 11.3. The summed E-state index contributed by atoms with van der Waals surface area (Å²) in [6.07, 6.45) is 0.285. The van der Waals surface area contributed by atoms with Crippen LogP contribution < -0.4 is 5.32 Å². The van der Waals surface area contributed by atoms with E-state index < -0.39 is 5.97 Å². The number of nitrogens with zero attached hydrogens (tertiary/aromatic N) is 2. The molecule has 24 heavy (non-hydrogen) atoms. The summed E-state index contributed by atoms with van der Waals surface area (Å²) >= 11 is 1.18. The van der Waals surface area contributed by atoms with Crippen LogP contribution in [0.1, 0.15) is 45.3 Å². The van der Waals surface area contributed by atoms with E-state index >= 15 is 0 Å². The number of carbonyl (C=O) groups is 2. The third kappa shape index (κ3) is 4.44. The Kier molecular flexibility index (Phi) is 5.77. The van der Waals surface area contributed by atoms with Crippen LogP contribution in [0.4, 0.5) is 0 Å². The standard InChI is InChI=1S/C17H23N3O3S/c1-10(2)9-20-12(4)14(11(3)19-20)7-16(21)18-8-13-5-6-15(24-13)17(22)23/h5-6,10H,7-9H2,1-4H3,(H,18,21)(H,22,23). The summed E-state index contributed by atoms with van der Waals surface area (Å²) in [5.74, 6) is -0.538. The molecular weight excluding hydrogens is 326 g/mol. The molecule has 0 aliphatic rings. The van der Waals surface area contributed by atoms with Crippen LogP contribution in [-0.2, 0) is 24.3 Å². The van der Waals surface area contributed by atoms with Gasteiger partial charge in [0.05, 0.1) is 18.7 Å². The molecule has 0 fully saturated rings. The molecule has 0 bridgehead atoms. The van der Waals surface area contributed by atoms with Crippen molar-refractivity contribution >= 4 is 23.2 Å². The maximum absolute atomic E-state index is 12.2. The number of aromatic nitrogens is 2. The highest BCUT2D eigenvalue weighted by atomic mass is 32.1. The number of carbonyl (C=O) groups excluding carboxylic acids is 1. The van der Waals surface area contributed by atoms with E-state index in [2.05, 4.69) is 24.3 Å². The number of hydrogen-bond acceptors (Lipinski definition) is 4. The van der Waals surface area contributed by atoms with Gasteiger partial charge in [-0.15, -0.1) is 11.3 Å². The monoisotopic (exact) mass is 349 g/mol. The van der Waals surface area contributed by atoms with Gasteiger partial charge < -0.3 is 10.4 Å². The van der Waals surface area contributed by atoms with E-state index in [1.54, 1.807) is 12.1 Å². The fraction of sp³-hybridized carbons (Fsp3) is 0.471. The van der Waals surface area contributed by atoms with Gasteiger partial charge in [0.25, 0.3) is 0 Å². The van der Waals surface area contributed by atoms with Crippen molar-refractivity contribution in [1.82, 2.24) is 15.1 Å². The molecule has 2 rings (SSSR count). The number of aryl methyl sites for hydroxylation is 1. The minimum absolute atomic E-state index is 0.0874. The van der Waals surface area contributed by atoms with E-state index in [1.165, 1.54) is 11.3 Å². The Bertz CT molecular complexity index is 746. The molecule has 0 saturated carbocycles. The van der Waals surface area contributed by atoms with Crippen molar-refractivity contribution in [3.63, 3.8) is 0 Å². The largest absolute Gasteiger partial charge is 0.477 e. The molecule has 6 nitrogen and oxygen atoms in total. The summed E-state index contributed by atoms with van der Waals surface area (Å²) in [4.78, 5) is 24.2. The molecule has 1 amide bonds. The lowest BCUT2D eigenvalue weighted by atomic mass is 10.1. The van der Waals surface area contributed by atoms with Gasteiger partial charge in [-0.1, -0.05) is 13.8 Å². The fourth-order valence-corrected chi connectivity index (χ4v) is 3.30. The first-order valence-corrected chi connectivity index (χ1v) is 8.71. The summed E-state index contributed by atoms with van der Waals surface area (Å²) < 4.78 is 1.96. The van der Waals surface area contributed by atoms with E-state index in [9.17, 15) is 9.59 Å². The molecule has 7 heteroatoms. The van der Waals surface area contributed by atoms with Gasteiger partial charge in [0.2, 0.25) is 5.91 Å². The number of aromatic carboxylic acids is 1. The number of rotatable bonds is 7. The van der Waals surface area contributed by atoms with Gasteiger partial charge in [-0.25, -0.2) is 4.79 Å². The summed E-state index contributed by atoms with van der Waals surface area (Å²) in [6, 6.07) is 3.28. The second-order valence-electron chi connectivity index (χ2n) is 6.25. The lowest BCUT2D eigenvalue weighted by Crippen LogP contribution is -2.24. The first kappa shape index (κ1) is 18.2. The number of carboxylic acid groups (broad SMARTS) is 1. The molecule has 0 radical (unpaired) electrons. The zero-order chi connectivity index (χ0) is 17.9. The second kappa shape index (κ2) is 7.61. The quantitative estimate of drug-likeness (QED) is 0.805. The first-order valence-electron chi connectivity index (χ1n) is 7.89. The van der Waals surface area contributed by atoms with Gasteiger partial charge >= 0.3 is 5.97 Å². The zero-order valence-electron chi connectivity index (χ0n) is 14.4. The summed E-state index contributed by atoms with van der Waals surface area (Å²) in [5.41, 5.74) is 2.87. The Labute approximate surface area is 145 Å². The second-order valence-corrected chi connectivity index (χ2v) is 7.42. The Balaban J connectivity index is 1.97. The van der Waals surface area contributed by atoms with E-state index in [-0.39, 0.29) is 17.2 Å². The van der Waals surface area contributed by atoms with Gasteiger partial charge in [0.1, 0.15) is 4.88 Å². The molecule has 130 valence electrons. The molecule has 0 spiro atoms. The van der Waals surface area contributed by atoms with Crippen molar-refractivity contribution in [2.24, 2.45) is 5.92 Å². The third-order valence-electron chi connectivity index (χ3n) is 3.74. The molecule has 0 atom stereocenters. The Morgan fingerprint density at radius 2 is 2.04 bits per heavy atom. The van der Waals surface area contributed by atoms with E-state index in [4.69, 9.17) is 5.11 Å². The van der Waals surface area contributed by atoms with Crippen molar-refractivity contribution in [3.8, 4) is 0 Å². The van der Waals surface area contributed by atoms with Crippen molar-refractivity contribution in [1.29, 1.82) is 0 Å². The maximum atomic E-state index is 12.2. The van der Waals surface area contributed by atoms with Crippen molar-refractivity contribution in [2.45, 2.75) is 47.2 Å². The highest BCUT2D eigenvalue weighted by Crippen LogP contribution is 2.17. The minimum Gasteiger partial charge on any atom is -0.477 e. The summed E-state index contributed by atoms with van der Waals surface area (Å²) in [7, 11) is 0. The van der Waals surface area contributed by atoms with Crippen LogP contribution in [0.3, 0.4) is 0 Å². The number of nitrogens with one attached hydrogen (secondary N) is 1. The fourth-order valence-electron chi connectivity index (χ4n) is 2.51. The molecule has 0 unspecified atom stereocenters. The van der Waals surface area contributed by atoms with Crippen molar-refractivity contribution in [3.05, 3.63) is 38.8 Å². The predicted molar refractivity (Wildman–Crippen MR) is 93.4 cm³/mol. The minimum atomic E-state index is -0.943. The normalized spacial score (nSPS) is 11.0. The Hall–Kier alpha value is -2.15. The average molecular weight is 349 g/mol. The van der Waals surface area contributed by atoms with E-state index in [1.807, 2.05) is 18.5 Å². The van der Waals surface area contributed by atoms with Crippen LogP contribution in [0.25, 0.3) is 0 Å². The van der Waals surface area contributed by atoms with Crippen LogP contribution in [0, 0.1) is 19.8 Å². The van der Waals surface area contributed by atoms with Gasteiger partial charge in [0.15, 0.2) is 0 Å². The van der Waals surface area contributed by atoms with E-state index in [0.717, 1.165) is 28.4 Å². The van der Waals surface area contributed by atoms with Crippen LogP contribution in [0.2, 0.25) is 0 Å². The Morgan fingerprint density at radius 3 is 2.62 bits per heavy atom. The SMILES string of the molecule is Cc1nn(CC(C)C)c(C)c1CC(=O)NCc1ccc(C(=O)O)s1. The van der Waals surface area contributed by atoms with Crippen LogP contribution in [-0.4, -0.2) is 26.8 Å². The summed E-state index contributed by atoms with van der Waals surface area (Å²) in [5, 5.41) is 16.3. The zero-order valence-corrected chi connectivity index (χ0v) is 15.2. The van der Waals surface area contributed by atoms with Crippen LogP contribution >= 0.6 is 11.3 Å². The lowest BCUT2D eigenvalue weighted by Gasteiger charge is -2.08. The van der Waals surface area contributed by atoms with Gasteiger partial charge in [-0.2, -0.15) is 5.10 Å². The molecule has 2 heterocycles. The van der Waals surface area contributed by atoms with E-state index in [0.29, 0.717) is 12.5 Å².